The van der Waals surface area contributed by atoms with Crippen LogP contribution < -0.4 is 15.5 Å². The van der Waals surface area contributed by atoms with Gasteiger partial charge in [0.2, 0.25) is 5.91 Å². The number of fused-ring (bicyclic) bond motifs is 1. The second kappa shape index (κ2) is 9.11. The highest BCUT2D eigenvalue weighted by Gasteiger charge is 2.25. The number of anilines is 2. The molecule has 0 unspecified atom stereocenters. The number of benzene rings is 1. The zero-order valence-corrected chi connectivity index (χ0v) is 18.5. The van der Waals surface area contributed by atoms with Crippen LogP contribution in [0.3, 0.4) is 0 Å². The van der Waals surface area contributed by atoms with Gasteiger partial charge >= 0.3 is 0 Å². The number of hydrogen-bond acceptors (Lipinski definition) is 7. The highest BCUT2D eigenvalue weighted by molar-refractivity contribution is 7.22. The summed E-state index contributed by atoms with van der Waals surface area (Å²) in [5.41, 5.74) is 1.60. The van der Waals surface area contributed by atoms with Crippen molar-refractivity contribution in [2.75, 3.05) is 36.5 Å². The Morgan fingerprint density at radius 1 is 1.20 bits per heavy atom. The molecule has 7 nitrogen and oxygen atoms in total. The lowest BCUT2D eigenvalue weighted by atomic mass is 10.0. The van der Waals surface area contributed by atoms with Crippen molar-refractivity contribution in [3.05, 3.63) is 40.6 Å². The fourth-order valence-electron chi connectivity index (χ4n) is 3.26. The van der Waals surface area contributed by atoms with Gasteiger partial charge in [0.15, 0.2) is 5.13 Å². The second-order valence-electron chi connectivity index (χ2n) is 7.44. The molecule has 158 valence electrons. The fraction of sp³-hybridized carbons (Fsp3) is 0.381. The molecule has 0 aliphatic carbocycles. The van der Waals surface area contributed by atoms with Crippen LogP contribution in [0.25, 0.3) is 10.2 Å². The lowest BCUT2D eigenvalue weighted by Gasteiger charge is -2.25. The van der Waals surface area contributed by atoms with E-state index in [4.69, 9.17) is 9.72 Å². The van der Waals surface area contributed by atoms with Crippen molar-refractivity contribution in [3.8, 4) is 0 Å². The molecule has 2 aromatic heterocycles. The first kappa shape index (κ1) is 20.8. The number of rotatable bonds is 6. The van der Waals surface area contributed by atoms with Crippen molar-refractivity contribution in [3.63, 3.8) is 0 Å². The van der Waals surface area contributed by atoms with Crippen molar-refractivity contribution < 1.29 is 14.3 Å². The van der Waals surface area contributed by atoms with Gasteiger partial charge < -0.3 is 20.3 Å². The van der Waals surface area contributed by atoms with Crippen LogP contribution in [-0.2, 0) is 9.53 Å². The summed E-state index contributed by atoms with van der Waals surface area (Å²) in [6.07, 6.45) is 0. The van der Waals surface area contributed by atoms with E-state index in [1.54, 1.807) is 17.4 Å². The topological polar surface area (TPSA) is 83.6 Å². The van der Waals surface area contributed by atoms with Gasteiger partial charge in [-0.05, 0) is 35.6 Å². The van der Waals surface area contributed by atoms with Gasteiger partial charge in [-0.3, -0.25) is 9.59 Å². The molecule has 1 atom stereocenters. The molecule has 1 saturated heterocycles. The molecule has 4 rings (SSSR count). The Labute approximate surface area is 183 Å². The van der Waals surface area contributed by atoms with E-state index in [1.165, 1.54) is 11.3 Å². The molecule has 2 amide bonds. The molecular weight excluding hydrogens is 420 g/mol. The van der Waals surface area contributed by atoms with Gasteiger partial charge in [0.1, 0.15) is 6.04 Å². The molecule has 1 fully saturated rings. The Morgan fingerprint density at radius 3 is 2.70 bits per heavy atom. The van der Waals surface area contributed by atoms with Crippen molar-refractivity contribution in [1.82, 2.24) is 10.3 Å². The Bertz CT molecular complexity index is 1030. The Kier molecular flexibility index (Phi) is 6.31. The van der Waals surface area contributed by atoms with Gasteiger partial charge in [-0.1, -0.05) is 31.3 Å². The Morgan fingerprint density at radius 2 is 2.00 bits per heavy atom. The van der Waals surface area contributed by atoms with E-state index in [9.17, 15) is 9.59 Å². The Balaban J connectivity index is 1.47. The highest BCUT2D eigenvalue weighted by Crippen LogP contribution is 2.31. The van der Waals surface area contributed by atoms with Gasteiger partial charge in [-0.25, -0.2) is 4.98 Å². The number of nitrogens with one attached hydrogen (secondary N) is 2. The third kappa shape index (κ3) is 4.63. The standard InChI is InChI=1S/C21H24N4O3S2/c1-13(2)18(24-19(26)16-4-3-11-29-16)20(27)22-14-5-6-15-17(12-14)30-21(23-15)25-7-9-28-10-8-25/h3-6,11-13,18H,7-10H2,1-2H3,(H,22,27)(H,24,26)/t18-/m1/s1. The summed E-state index contributed by atoms with van der Waals surface area (Å²) >= 11 is 2.96. The first-order valence-corrected chi connectivity index (χ1v) is 11.6. The molecule has 1 aliphatic heterocycles. The van der Waals surface area contributed by atoms with Crippen LogP contribution in [0.5, 0.6) is 0 Å². The minimum absolute atomic E-state index is 0.0472. The zero-order valence-electron chi connectivity index (χ0n) is 16.9. The number of thiazole rings is 1. The lowest BCUT2D eigenvalue weighted by molar-refractivity contribution is -0.118. The zero-order chi connectivity index (χ0) is 21.1. The number of morpholine rings is 1. The van der Waals surface area contributed by atoms with Crippen LogP contribution >= 0.6 is 22.7 Å². The number of carbonyl (C=O) groups excluding carboxylic acids is 2. The third-order valence-corrected chi connectivity index (χ3v) is 6.85. The van der Waals surface area contributed by atoms with Crippen LogP contribution in [0.15, 0.2) is 35.7 Å². The van der Waals surface area contributed by atoms with Crippen molar-refractivity contribution in [2.24, 2.45) is 5.92 Å². The van der Waals surface area contributed by atoms with E-state index in [0.717, 1.165) is 28.4 Å². The maximum atomic E-state index is 12.9. The smallest absolute Gasteiger partial charge is 0.262 e. The number of hydrogen-bond donors (Lipinski definition) is 2. The van der Waals surface area contributed by atoms with Gasteiger partial charge in [0.05, 0.1) is 28.3 Å². The summed E-state index contributed by atoms with van der Waals surface area (Å²) in [4.78, 5) is 32.8. The van der Waals surface area contributed by atoms with E-state index in [0.29, 0.717) is 23.8 Å². The molecule has 1 aliphatic rings. The largest absolute Gasteiger partial charge is 0.378 e. The molecule has 2 N–H and O–H groups in total. The van der Waals surface area contributed by atoms with E-state index in [-0.39, 0.29) is 17.7 Å². The molecular formula is C21H24N4O3S2. The summed E-state index contributed by atoms with van der Waals surface area (Å²) in [5.74, 6) is -0.506. The second-order valence-corrected chi connectivity index (χ2v) is 9.40. The number of nitrogens with zero attached hydrogens (tertiary/aromatic N) is 2. The van der Waals surface area contributed by atoms with Crippen LogP contribution in [0.2, 0.25) is 0 Å². The van der Waals surface area contributed by atoms with Crippen molar-refractivity contribution in [2.45, 2.75) is 19.9 Å². The van der Waals surface area contributed by atoms with E-state index in [2.05, 4.69) is 15.5 Å². The summed E-state index contributed by atoms with van der Waals surface area (Å²) in [7, 11) is 0. The Hall–Kier alpha value is -2.49. The predicted octanol–water partition coefficient (Wildman–Crippen LogP) is 3.59. The monoisotopic (exact) mass is 444 g/mol. The summed E-state index contributed by atoms with van der Waals surface area (Å²) in [6.45, 7) is 6.93. The van der Waals surface area contributed by atoms with Crippen molar-refractivity contribution in [1.29, 1.82) is 0 Å². The number of ether oxygens (including phenoxy) is 1. The quantitative estimate of drug-likeness (QED) is 0.607. The predicted molar refractivity (Wildman–Crippen MR) is 122 cm³/mol. The number of thiophene rings is 1. The molecule has 0 spiro atoms. The molecule has 0 saturated carbocycles. The van der Waals surface area contributed by atoms with Gasteiger partial charge in [0, 0.05) is 18.8 Å². The molecule has 1 aromatic carbocycles. The first-order valence-electron chi connectivity index (χ1n) is 9.90. The van der Waals surface area contributed by atoms with Gasteiger partial charge in [-0.2, -0.15) is 0 Å². The first-order chi connectivity index (χ1) is 14.5. The molecule has 9 heteroatoms. The SMILES string of the molecule is CC(C)[C@@H](NC(=O)c1cccs1)C(=O)Nc1ccc2nc(N3CCOCC3)sc2c1. The molecule has 0 radical (unpaired) electrons. The average molecular weight is 445 g/mol. The number of carbonyl (C=O) groups is 2. The third-order valence-electron chi connectivity index (χ3n) is 4.91. The van der Waals surface area contributed by atoms with E-state index < -0.39 is 6.04 Å². The molecule has 3 heterocycles. The highest BCUT2D eigenvalue weighted by atomic mass is 32.1. The average Bonchev–Trinajstić information content (AvgIpc) is 3.42. The summed E-state index contributed by atoms with van der Waals surface area (Å²) < 4.78 is 6.42. The minimum atomic E-state index is -0.624. The molecule has 30 heavy (non-hydrogen) atoms. The van der Waals surface area contributed by atoms with Crippen LogP contribution in [0, 0.1) is 5.92 Å². The minimum Gasteiger partial charge on any atom is -0.378 e. The van der Waals surface area contributed by atoms with Gasteiger partial charge in [-0.15, -0.1) is 11.3 Å². The summed E-state index contributed by atoms with van der Waals surface area (Å²) in [5, 5.41) is 8.62. The molecule has 3 aromatic rings. The molecule has 0 bridgehead atoms. The normalized spacial score (nSPS) is 15.4. The van der Waals surface area contributed by atoms with Crippen molar-refractivity contribution >= 4 is 55.5 Å². The maximum absolute atomic E-state index is 12.9. The number of aromatic nitrogens is 1. The van der Waals surface area contributed by atoms with E-state index >= 15 is 0 Å². The maximum Gasteiger partial charge on any atom is 0.262 e. The summed E-state index contributed by atoms with van der Waals surface area (Å²) in [6, 6.07) is 8.65. The van der Waals surface area contributed by atoms with Crippen LogP contribution in [-0.4, -0.2) is 49.1 Å². The number of amides is 2. The van der Waals surface area contributed by atoms with E-state index in [1.807, 2.05) is 43.5 Å². The van der Waals surface area contributed by atoms with Crippen LogP contribution in [0.4, 0.5) is 10.8 Å². The van der Waals surface area contributed by atoms with Gasteiger partial charge in [0.25, 0.3) is 5.91 Å². The fourth-order valence-corrected chi connectivity index (χ4v) is 4.94. The lowest BCUT2D eigenvalue weighted by Crippen LogP contribution is -2.46. The van der Waals surface area contributed by atoms with Crippen LogP contribution in [0.1, 0.15) is 23.5 Å².